The molecule has 1 aliphatic heterocycles. The van der Waals surface area contributed by atoms with Crippen LogP contribution in [0.15, 0.2) is 0 Å². The molecule has 1 unspecified atom stereocenters. The summed E-state index contributed by atoms with van der Waals surface area (Å²) < 4.78 is 10.5. The molecule has 0 aromatic carbocycles. The summed E-state index contributed by atoms with van der Waals surface area (Å²) in [7, 11) is 0. The topological polar surface area (TPSA) is 47.6 Å². The van der Waals surface area contributed by atoms with E-state index >= 15 is 0 Å². The van der Waals surface area contributed by atoms with Crippen molar-refractivity contribution in [1.29, 1.82) is 0 Å². The molecule has 0 aromatic heterocycles. The van der Waals surface area contributed by atoms with E-state index in [1.807, 2.05) is 6.92 Å². The van der Waals surface area contributed by atoms with Crippen molar-refractivity contribution < 1.29 is 14.3 Å². The molecule has 106 valence electrons. The molecule has 1 heterocycles. The second kappa shape index (κ2) is 10.3. The van der Waals surface area contributed by atoms with Crippen molar-refractivity contribution in [3.63, 3.8) is 0 Å². The fourth-order valence-corrected chi connectivity index (χ4v) is 2.16. The van der Waals surface area contributed by atoms with E-state index in [-0.39, 0.29) is 5.97 Å². The third kappa shape index (κ3) is 7.67. The molecule has 4 heteroatoms. The van der Waals surface area contributed by atoms with Gasteiger partial charge in [0.05, 0.1) is 12.7 Å². The third-order valence-corrected chi connectivity index (χ3v) is 3.19. The van der Waals surface area contributed by atoms with Crippen LogP contribution in [0.2, 0.25) is 0 Å². The quantitative estimate of drug-likeness (QED) is 0.508. The normalized spacial score (nSPS) is 19.7. The summed E-state index contributed by atoms with van der Waals surface area (Å²) in [5, 5.41) is 3.43. The summed E-state index contributed by atoms with van der Waals surface area (Å²) in [6.07, 6.45) is 7.80. The number of ether oxygens (including phenoxy) is 2. The third-order valence-electron chi connectivity index (χ3n) is 3.19. The molecule has 0 radical (unpaired) electrons. The van der Waals surface area contributed by atoms with Crippen molar-refractivity contribution >= 4 is 5.97 Å². The molecule has 1 saturated heterocycles. The average molecular weight is 257 g/mol. The number of rotatable bonds is 9. The van der Waals surface area contributed by atoms with Gasteiger partial charge in [-0.2, -0.15) is 0 Å². The number of esters is 1. The van der Waals surface area contributed by atoms with Gasteiger partial charge in [0, 0.05) is 19.6 Å². The molecule has 0 bridgehead atoms. The highest BCUT2D eigenvalue weighted by Crippen LogP contribution is 2.11. The van der Waals surface area contributed by atoms with E-state index < -0.39 is 0 Å². The van der Waals surface area contributed by atoms with Gasteiger partial charge < -0.3 is 14.8 Å². The van der Waals surface area contributed by atoms with Gasteiger partial charge >= 0.3 is 5.97 Å². The molecule has 1 atom stereocenters. The summed E-state index contributed by atoms with van der Waals surface area (Å²) in [5.41, 5.74) is 0. The van der Waals surface area contributed by atoms with E-state index in [9.17, 15) is 4.79 Å². The van der Waals surface area contributed by atoms with Crippen molar-refractivity contribution in [2.75, 3.05) is 26.3 Å². The summed E-state index contributed by atoms with van der Waals surface area (Å²) >= 11 is 0. The summed E-state index contributed by atoms with van der Waals surface area (Å²) in [4.78, 5) is 11.1. The number of carbonyl (C=O) groups excluding carboxylic acids is 1. The SMILES string of the molecule is CCOC(=O)CCCCCNCC1CCCCO1. The Labute approximate surface area is 110 Å². The van der Waals surface area contributed by atoms with Gasteiger partial charge in [-0.05, 0) is 45.6 Å². The van der Waals surface area contributed by atoms with Crippen LogP contribution >= 0.6 is 0 Å². The number of hydrogen-bond donors (Lipinski definition) is 1. The van der Waals surface area contributed by atoms with Crippen LogP contribution in [0.4, 0.5) is 0 Å². The lowest BCUT2D eigenvalue weighted by molar-refractivity contribution is -0.143. The van der Waals surface area contributed by atoms with Crippen molar-refractivity contribution in [2.45, 2.75) is 58.0 Å². The largest absolute Gasteiger partial charge is 0.466 e. The van der Waals surface area contributed by atoms with Crippen molar-refractivity contribution in [2.24, 2.45) is 0 Å². The second-order valence-electron chi connectivity index (χ2n) is 4.81. The first-order chi connectivity index (χ1) is 8.83. The lowest BCUT2D eigenvalue weighted by Gasteiger charge is -2.22. The van der Waals surface area contributed by atoms with Crippen LogP contribution in [0, 0.1) is 0 Å². The van der Waals surface area contributed by atoms with Crippen molar-refractivity contribution in [3.8, 4) is 0 Å². The molecule has 0 aliphatic carbocycles. The Hall–Kier alpha value is -0.610. The Bertz CT molecular complexity index is 215. The Morgan fingerprint density at radius 1 is 1.33 bits per heavy atom. The maximum Gasteiger partial charge on any atom is 0.305 e. The highest BCUT2D eigenvalue weighted by Gasteiger charge is 2.12. The Kier molecular flexibility index (Phi) is 8.86. The fraction of sp³-hybridized carbons (Fsp3) is 0.929. The highest BCUT2D eigenvalue weighted by atomic mass is 16.5. The predicted molar refractivity (Wildman–Crippen MR) is 71.6 cm³/mol. The fourth-order valence-electron chi connectivity index (χ4n) is 2.16. The monoisotopic (exact) mass is 257 g/mol. The first kappa shape index (κ1) is 15.4. The van der Waals surface area contributed by atoms with Crippen LogP contribution in [0.25, 0.3) is 0 Å². The van der Waals surface area contributed by atoms with E-state index in [4.69, 9.17) is 9.47 Å². The maximum absolute atomic E-state index is 11.1. The van der Waals surface area contributed by atoms with Crippen LogP contribution in [0.5, 0.6) is 0 Å². The Morgan fingerprint density at radius 3 is 2.94 bits per heavy atom. The molecule has 1 N–H and O–H groups in total. The second-order valence-corrected chi connectivity index (χ2v) is 4.81. The number of unbranched alkanes of at least 4 members (excludes halogenated alkanes) is 2. The maximum atomic E-state index is 11.1. The van der Waals surface area contributed by atoms with E-state index in [0.29, 0.717) is 19.1 Å². The summed E-state index contributed by atoms with van der Waals surface area (Å²) in [6, 6.07) is 0. The van der Waals surface area contributed by atoms with Gasteiger partial charge in [0.15, 0.2) is 0 Å². The Morgan fingerprint density at radius 2 is 2.22 bits per heavy atom. The van der Waals surface area contributed by atoms with E-state index in [1.165, 1.54) is 19.3 Å². The molecule has 0 spiro atoms. The van der Waals surface area contributed by atoms with Gasteiger partial charge in [0.25, 0.3) is 0 Å². The molecule has 18 heavy (non-hydrogen) atoms. The molecule has 1 aliphatic rings. The highest BCUT2D eigenvalue weighted by molar-refractivity contribution is 5.69. The predicted octanol–water partition coefficient (Wildman–Crippen LogP) is 2.27. The minimum atomic E-state index is -0.0685. The first-order valence-electron chi connectivity index (χ1n) is 7.31. The zero-order chi connectivity index (χ0) is 13.1. The smallest absolute Gasteiger partial charge is 0.305 e. The van der Waals surface area contributed by atoms with Crippen molar-refractivity contribution in [1.82, 2.24) is 5.32 Å². The number of hydrogen-bond acceptors (Lipinski definition) is 4. The van der Waals surface area contributed by atoms with Gasteiger partial charge in [0.1, 0.15) is 0 Å². The number of carbonyl (C=O) groups is 1. The molecule has 4 nitrogen and oxygen atoms in total. The van der Waals surface area contributed by atoms with Gasteiger partial charge in [-0.25, -0.2) is 0 Å². The average Bonchev–Trinajstić information content (AvgIpc) is 2.39. The van der Waals surface area contributed by atoms with E-state index in [2.05, 4.69) is 5.32 Å². The lowest BCUT2D eigenvalue weighted by atomic mass is 10.1. The van der Waals surface area contributed by atoms with E-state index in [1.54, 1.807) is 0 Å². The zero-order valence-corrected chi connectivity index (χ0v) is 11.6. The molecule has 1 fully saturated rings. The van der Waals surface area contributed by atoms with Gasteiger partial charge in [0.2, 0.25) is 0 Å². The lowest BCUT2D eigenvalue weighted by Crippen LogP contribution is -2.32. The molecule has 0 amide bonds. The van der Waals surface area contributed by atoms with Crippen LogP contribution in [-0.4, -0.2) is 38.4 Å². The molecule has 1 rings (SSSR count). The standard InChI is InChI=1S/C14H27NO3/c1-2-17-14(16)9-4-3-6-10-15-12-13-8-5-7-11-18-13/h13,15H,2-12H2,1H3. The Balaban J connectivity index is 1.82. The van der Waals surface area contributed by atoms with Crippen LogP contribution in [-0.2, 0) is 14.3 Å². The van der Waals surface area contributed by atoms with Gasteiger partial charge in [-0.15, -0.1) is 0 Å². The minimum Gasteiger partial charge on any atom is -0.466 e. The number of nitrogens with one attached hydrogen (secondary N) is 1. The van der Waals surface area contributed by atoms with Crippen LogP contribution in [0.1, 0.15) is 51.9 Å². The van der Waals surface area contributed by atoms with Crippen molar-refractivity contribution in [3.05, 3.63) is 0 Å². The van der Waals surface area contributed by atoms with Gasteiger partial charge in [-0.3, -0.25) is 4.79 Å². The van der Waals surface area contributed by atoms with Gasteiger partial charge in [-0.1, -0.05) is 6.42 Å². The minimum absolute atomic E-state index is 0.0685. The van der Waals surface area contributed by atoms with Crippen LogP contribution in [0.3, 0.4) is 0 Å². The summed E-state index contributed by atoms with van der Waals surface area (Å²) in [5.74, 6) is -0.0685. The molecule has 0 aromatic rings. The summed E-state index contributed by atoms with van der Waals surface area (Å²) in [6.45, 7) is 5.24. The first-order valence-corrected chi connectivity index (χ1v) is 7.31. The molecular formula is C14H27NO3. The molecular weight excluding hydrogens is 230 g/mol. The molecule has 0 saturated carbocycles. The zero-order valence-electron chi connectivity index (χ0n) is 11.6. The van der Waals surface area contributed by atoms with Crippen LogP contribution < -0.4 is 5.32 Å². The van der Waals surface area contributed by atoms with E-state index in [0.717, 1.165) is 39.0 Å².